The molecule has 0 fully saturated rings. The zero-order chi connectivity index (χ0) is 10.7. The largest absolute Gasteiger partial charge is 0.369 e. The lowest BCUT2D eigenvalue weighted by Crippen LogP contribution is -2.08. The van der Waals surface area contributed by atoms with Crippen LogP contribution in [0.3, 0.4) is 0 Å². The number of nitrogens with zero attached hydrogens (tertiary/aromatic N) is 1. The van der Waals surface area contributed by atoms with Crippen LogP contribution in [-0.2, 0) is 4.79 Å². The van der Waals surface area contributed by atoms with Crippen molar-refractivity contribution in [2.45, 2.75) is 6.42 Å². The fraction of sp³-hybridized carbons (Fsp3) is 0.0909. The van der Waals surface area contributed by atoms with Crippen LogP contribution in [0.4, 0.5) is 0 Å². The van der Waals surface area contributed by atoms with Crippen LogP contribution in [0.25, 0.3) is 10.9 Å². The van der Waals surface area contributed by atoms with E-state index >= 15 is 0 Å². The van der Waals surface area contributed by atoms with Crippen LogP contribution < -0.4 is 5.73 Å². The molecule has 2 rings (SSSR count). The second-order valence-corrected chi connectivity index (χ2v) is 3.12. The summed E-state index contributed by atoms with van der Waals surface area (Å²) < 4.78 is 0. The molecule has 0 aliphatic heterocycles. The van der Waals surface area contributed by atoms with E-state index in [1.807, 2.05) is 18.2 Å². The highest BCUT2D eigenvalue weighted by molar-refractivity contribution is 5.80. The van der Waals surface area contributed by atoms with E-state index in [9.17, 15) is 4.79 Å². The van der Waals surface area contributed by atoms with E-state index in [2.05, 4.69) is 22.0 Å². The van der Waals surface area contributed by atoms with E-state index in [0.29, 0.717) is 0 Å². The highest BCUT2D eigenvalue weighted by atomic mass is 16.1. The van der Waals surface area contributed by atoms with Gasteiger partial charge in [-0.15, -0.1) is 0 Å². The molecular formula is C11H9N3O. The maximum Gasteiger partial charge on any atom is 0.229 e. The van der Waals surface area contributed by atoms with Crippen LogP contribution in [-0.4, -0.2) is 16.1 Å². The summed E-state index contributed by atoms with van der Waals surface area (Å²) in [7, 11) is 0. The number of aromatic amines is 1. The number of amides is 1. The summed E-state index contributed by atoms with van der Waals surface area (Å²) in [5.74, 6) is 5.15. The molecule has 1 aromatic carbocycles. The van der Waals surface area contributed by atoms with Crippen LogP contribution in [0.15, 0.2) is 24.4 Å². The number of nitrogens with one attached hydrogen (secondary N) is 1. The third kappa shape index (κ3) is 2.15. The molecule has 1 amide bonds. The maximum absolute atomic E-state index is 10.5. The van der Waals surface area contributed by atoms with Crippen molar-refractivity contribution in [2.75, 3.05) is 0 Å². The molecule has 0 atom stereocenters. The minimum atomic E-state index is -0.412. The molecule has 0 saturated heterocycles. The van der Waals surface area contributed by atoms with Gasteiger partial charge in [0.05, 0.1) is 18.1 Å². The molecule has 74 valence electrons. The fourth-order valence-corrected chi connectivity index (χ4v) is 1.25. The molecule has 15 heavy (non-hydrogen) atoms. The van der Waals surface area contributed by atoms with Gasteiger partial charge in [-0.2, -0.15) is 5.10 Å². The van der Waals surface area contributed by atoms with Gasteiger partial charge in [-0.1, -0.05) is 11.8 Å². The smallest absolute Gasteiger partial charge is 0.229 e. The summed E-state index contributed by atoms with van der Waals surface area (Å²) in [4.78, 5) is 10.5. The van der Waals surface area contributed by atoms with Gasteiger partial charge in [-0.3, -0.25) is 9.89 Å². The highest BCUT2D eigenvalue weighted by Crippen LogP contribution is 2.11. The van der Waals surface area contributed by atoms with E-state index in [-0.39, 0.29) is 6.42 Å². The molecule has 1 heterocycles. The van der Waals surface area contributed by atoms with Gasteiger partial charge in [0.1, 0.15) is 0 Å². The van der Waals surface area contributed by atoms with Crippen LogP contribution in [0, 0.1) is 11.8 Å². The Morgan fingerprint density at radius 3 is 3.20 bits per heavy atom. The second kappa shape index (κ2) is 3.84. The lowest BCUT2D eigenvalue weighted by molar-refractivity contribution is -0.117. The molecule has 0 radical (unpaired) electrons. The van der Waals surface area contributed by atoms with Gasteiger partial charge in [-0.05, 0) is 18.2 Å². The Bertz CT molecular complexity index is 560. The van der Waals surface area contributed by atoms with Crippen molar-refractivity contribution in [3.63, 3.8) is 0 Å². The fourth-order valence-electron chi connectivity index (χ4n) is 1.25. The summed E-state index contributed by atoms with van der Waals surface area (Å²) in [6.45, 7) is 0. The van der Waals surface area contributed by atoms with Gasteiger partial charge < -0.3 is 5.73 Å². The zero-order valence-corrected chi connectivity index (χ0v) is 7.95. The first-order chi connectivity index (χ1) is 7.25. The first-order valence-electron chi connectivity index (χ1n) is 4.46. The van der Waals surface area contributed by atoms with Crippen LogP contribution >= 0.6 is 0 Å². The number of benzene rings is 1. The molecule has 4 heteroatoms. The highest BCUT2D eigenvalue weighted by Gasteiger charge is 1.95. The Balaban J connectivity index is 2.27. The van der Waals surface area contributed by atoms with E-state index in [4.69, 9.17) is 5.73 Å². The second-order valence-electron chi connectivity index (χ2n) is 3.12. The number of hydrogen-bond acceptors (Lipinski definition) is 2. The molecule has 0 spiro atoms. The average molecular weight is 199 g/mol. The van der Waals surface area contributed by atoms with Gasteiger partial charge in [0, 0.05) is 10.9 Å². The molecule has 0 unspecified atom stereocenters. The molecule has 0 saturated carbocycles. The van der Waals surface area contributed by atoms with Crippen molar-refractivity contribution in [3.8, 4) is 11.8 Å². The van der Waals surface area contributed by atoms with Gasteiger partial charge in [0.15, 0.2) is 0 Å². The Hall–Kier alpha value is -2.28. The summed E-state index contributed by atoms with van der Waals surface area (Å²) in [6, 6.07) is 5.69. The van der Waals surface area contributed by atoms with Crippen LogP contribution in [0.5, 0.6) is 0 Å². The number of rotatable bonds is 1. The summed E-state index contributed by atoms with van der Waals surface area (Å²) in [5, 5.41) is 7.79. The monoisotopic (exact) mass is 199 g/mol. The lowest BCUT2D eigenvalue weighted by Gasteiger charge is -1.90. The third-order valence-corrected chi connectivity index (χ3v) is 1.94. The predicted molar refractivity (Wildman–Crippen MR) is 56.8 cm³/mol. The molecular weight excluding hydrogens is 190 g/mol. The Labute approximate surface area is 86.5 Å². The number of nitrogens with two attached hydrogens (primary N) is 1. The summed E-state index contributed by atoms with van der Waals surface area (Å²) in [6.07, 6.45) is 1.83. The molecule has 2 aromatic rings. The third-order valence-electron chi connectivity index (χ3n) is 1.94. The van der Waals surface area contributed by atoms with Crippen LogP contribution in [0.1, 0.15) is 12.0 Å². The van der Waals surface area contributed by atoms with E-state index in [1.165, 1.54) is 0 Å². The summed E-state index contributed by atoms with van der Waals surface area (Å²) in [5.41, 5.74) is 6.75. The molecule has 1 aromatic heterocycles. The van der Waals surface area contributed by atoms with Crippen molar-refractivity contribution >= 4 is 16.8 Å². The van der Waals surface area contributed by atoms with Gasteiger partial charge in [0.25, 0.3) is 0 Å². The predicted octanol–water partition coefficient (Wildman–Crippen LogP) is 0.790. The topological polar surface area (TPSA) is 71.8 Å². The first-order valence-corrected chi connectivity index (χ1v) is 4.46. The lowest BCUT2D eigenvalue weighted by atomic mass is 10.2. The van der Waals surface area contributed by atoms with Gasteiger partial charge in [0.2, 0.25) is 5.91 Å². The van der Waals surface area contributed by atoms with Crippen molar-refractivity contribution < 1.29 is 4.79 Å². The van der Waals surface area contributed by atoms with Crippen molar-refractivity contribution in [1.29, 1.82) is 0 Å². The number of carbonyl (C=O) groups excluding carboxylic acids is 1. The number of aromatic nitrogens is 2. The van der Waals surface area contributed by atoms with Gasteiger partial charge >= 0.3 is 0 Å². The average Bonchev–Trinajstić information content (AvgIpc) is 2.64. The minimum Gasteiger partial charge on any atom is -0.369 e. The van der Waals surface area contributed by atoms with Crippen molar-refractivity contribution in [3.05, 3.63) is 30.0 Å². The Morgan fingerprint density at radius 2 is 2.40 bits per heavy atom. The van der Waals surface area contributed by atoms with Crippen LogP contribution in [0.2, 0.25) is 0 Å². The molecule has 3 N–H and O–H groups in total. The SMILES string of the molecule is NC(=O)CC#Cc1ccc2cn[nH]c2c1. The number of H-pyrrole nitrogens is 1. The number of primary amides is 1. The standard InChI is InChI=1S/C11H9N3O/c12-11(15)3-1-2-8-4-5-9-7-13-14-10(9)6-8/h4-7H,3H2,(H2,12,15)(H,13,14). The molecule has 0 bridgehead atoms. The molecule has 0 aliphatic carbocycles. The van der Waals surface area contributed by atoms with E-state index in [1.54, 1.807) is 6.20 Å². The normalized spacial score (nSPS) is 9.60. The van der Waals surface area contributed by atoms with Crippen molar-refractivity contribution in [2.24, 2.45) is 5.73 Å². The number of carbonyl (C=O) groups is 1. The quantitative estimate of drug-likeness (QED) is 0.666. The van der Waals surface area contributed by atoms with Gasteiger partial charge in [-0.25, -0.2) is 0 Å². The van der Waals surface area contributed by atoms with Crippen molar-refractivity contribution in [1.82, 2.24) is 10.2 Å². The summed E-state index contributed by atoms with van der Waals surface area (Å²) >= 11 is 0. The Morgan fingerprint density at radius 1 is 1.53 bits per heavy atom. The van der Waals surface area contributed by atoms with E-state index < -0.39 is 5.91 Å². The molecule has 0 aliphatic rings. The maximum atomic E-state index is 10.5. The number of hydrogen-bond donors (Lipinski definition) is 2. The zero-order valence-electron chi connectivity index (χ0n) is 7.95. The minimum absolute atomic E-state index is 0.0843. The Kier molecular flexibility index (Phi) is 2.38. The van der Waals surface area contributed by atoms with E-state index in [0.717, 1.165) is 16.5 Å². The first kappa shape index (κ1) is 9.28. The number of fused-ring (bicyclic) bond motifs is 1. The molecule has 4 nitrogen and oxygen atoms in total.